The van der Waals surface area contributed by atoms with Crippen LogP contribution in [0.4, 0.5) is 0 Å². The summed E-state index contributed by atoms with van der Waals surface area (Å²) < 4.78 is 11.0. The van der Waals surface area contributed by atoms with Gasteiger partial charge in [-0.25, -0.2) is 0 Å². The molecule has 140 valence electrons. The highest BCUT2D eigenvalue weighted by Gasteiger charge is 2.32. The van der Waals surface area contributed by atoms with E-state index in [9.17, 15) is 4.79 Å². The molecule has 0 bridgehead atoms. The molecule has 0 amide bonds. The first kappa shape index (κ1) is 20.0. The molecule has 0 radical (unpaired) electrons. The monoisotopic (exact) mass is 354 g/mol. The lowest BCUT2D eigenvalue weighted by Crippen LogP contribution is -2.26. The minimum atomic E-state index is -0.175. The number of unbranched alkanes of at least 4 members (excludes halogenated alkanes) is 1. The fourth-order valence-corrected chi connectivity index (χ4v) is 3.47. The molecule has 3 heteroatoms. The molecule has 2 atom stereocenters. The fraction of sp³-hybridized carbons (Fsp3) is 0.435. The number of hydrogen-bond donors (Lipinski definition) is 0. The molecule has 0 aromatic heterocycles. The number of hydrogen-bond acceptors (Lipinski definition) is 3. The van der Waals surface area contributed by atoms with Crippen molar-refractivity contribution in [1.29, 1.82) is 0 Å². The van der Waals surface area contributed by atoms with Gasteiger partial charge in [0.1, 0.15) is 5.75 Å². The van der Waals surface area contributed by atoms with Gasteiger partial charge < -0.3 is 9.47 Å². The Bertz CT molecular complexity index is 666. The van der Waals surface area contributed by atoms with Crippen molar-refractivity contribution >= 4 is 5.97 Å². The first-order valence-electron chi connectivity index (χ1n) is 9.54. The van der Waals surface area contributed by atoms with Crippen LogP contribution in [0.5, 0.6) is 5.75 Å². The quantitative estimate of drug-likeness (QED) is 0.537. The van der Waals surface area contributed by atoms with E-state index >= 15 is 0 Å². The van der Waals surface area contributed by atoms with Crippen LogP contribution in [0.25, 0.3) is 0 Å². The Kier molecular flexibility index (Phi) is 8.20. The van der Waals surface area contributed by atoms with Gasteiger partial charge in [0.05, 0.1) is 19.6 Å². The van der Waals surface area contributed by atoms with Gasteiger partial charge in [-0.05, 0) is 37.0 Å². The summed E-state index contributed by atoms with van der Waals surface area (Å²) in [7, 11) is 1.68. The first-order chi connectivity index (χ1) is 12.7. The van der Waals surface area contributed by atoms with Gasteiger partial charge in [0.15, 0.2) is 0 Å². The molecule has 2 rings (SSSR count). The summed E-state index contributed by atoms with van der Waals surface area (Å²) in [5.41, 5.74) is 2.29. The maximum atomic E-state index is 12.8. The van der Waals surface area contributed by atoms with Gasteiger partial charge in [-0.2, -0.15) is 0 Å². The predicted molar refractivity (Wildman–Crippen MR) is 106 cm³/mol. The van der Waals surface area contributed by atoms with Crippen LogP contribution in [0.1, 0.15) is 50.2 Å². The van der Waals surface area contributed by atoms with Gasteiger partial charge in [-0.1, -0.05) is 68.3 Å². The van der Waals surface area contributed by atoms with E-state index in [1.54, 1.807) is 7.11 Å². The summed E-state index contributed by atoms with van der Waals surface area (Å²) in [4.78, 5) is 12.8. The van der Waals surface area contributed by atoms with Crippen LogP contribution in [-0.2, 0) is 16.0 Å². The molecule has 2 unspecified atom stereocenters. The second-order valence-electron chi connectivity index (χ2n) is 6.54. The van der Waals surface area contributed by atoms with Crippen molar-refractivity contribution in [3.63, 3.8) is 0 Å². The third-order valence-electron chi connectivity index (χ3n) is 4.78. The van der Waals surface area contributed by atoms with Crippen molar-refractivity contribution in [2.24, 2.45) is 5.92 Å². The Morgan fingerprint density at radius 1 is 1.00 bits per heavy atom. The maximum Gasteiger partial charge on any atom is 0.309 e. The van der Waals surface area contributed by atoms with Crippen molar-refractivity contribution in [1.82, 2.24) is 0 Å². The Balaban J connectivity index is 2.43. The largest absolute Gasteiger partial charge is 0.496 e. The van der Waals surface area contributed by atoms with E-state index in [-0.39, 0.29) is 17.8 Å². The molecule has 0 fully saturated rings. The number of ether oxygens (including phenoxy) is 2. The number of benzene rings is 2. The van der Waals surface area contributed by atoms with Crippen LogP contribution in [-0.4, -0.2) is 19.7 Å². The van der Waals surface area contributed by atoms with Crippen molar-refractivity contribution < 1.29 is 14.3 Å². The van der Waals surface area contributed by atoms with Crippen LogP contribution in [0.15, 0.2) is 54.6 Å². The number of esters is 1. The first-order valence-corrected chi connectivity index (χ1v) is 9.54. The molecule has 3 nitrogen and oxygen atoms in total. The second-order valence-corrected chi connectivity index (χ2v) is 6.54. The topological polar surface area (TPSA) is 35.5 Å². The summed E-state index contributed by atoms with van der Waals surface area (Å²) in [6.07, 6.45) is 3.67. The normalized spacial score (nSPS) is 13.0. The molecule has 0 aliphatic carbocycles. The highest BCUT2D eigenvalue weighted by Crippen LogP contribution is 2.37. The van der Waals surface area contributed by atoms with Gasteiger partial charge in [0.25, 0.3) is 0 Å². The standard InChI is InChI=1S/C23H30O3/c1-4-6-14-20(23(24)26-5-2)21(17-18-12-8-7-9-13-18)19-15-10-11-16-22(19)25-3/h7-13,15-16,20-21H,4-6,14,17H2,1-3H3. The minimum Gasteiger partial charge on any atom is -0.496 e. The fourth-order valence-electron chi connectivity index (χ4n) is 3.47. The highest BCUT2D eigenvalue weighted by atomic mass is 16.5. The average Bonchev–Trinajstić information content (AvgIpc) is 2.68. The Labute approximate surface area is 157 Å². The Morgan fingerprint density at radius 2 is 1.69 bits per heavy atom. The lowest BCUT2D eigenvalue weighted by atomic mass is 9.78. The van der Waals surface area contributed by atoms with E-state index in [4.69, 9.17) is 9.47 Å². The second kappa shape index (κ2) is 10.6. The Morgan fingerprint density at radius 3 is 2.35 bits per heavy atom. The average molecular weight is 354 g/mol. The summed E-state index contributed by atoms with van der Waals surface area (Å²) in [6.45, 7) is 4.42. The van der Waals surface area contributed by atoms with Crippen LogP contribution < -0.4 is 4.74 Å². The Hall–Kier alpha value is -2.29. The van der Waals surface area contributed by atoms with Crippen molar-refractivity contribution in [2.45, 2.75) is 45.4 Å². The number of methoxy groups -OCH3 is 1. The SMILES string of the molecule is CCCCC(C(=O)OCC)C(Cc1ccccc1)c1ccccc1OC. The van der Waals surface area contributed by atoms with E-state index in [0.29, 0.717) is 6.61 Å². The molecule has 0 saturated carbocycles. The highest BCUT2D eigenvalue weighted by molar-refractivity contribution is 5.74. The molecular formula is C23H30O3. The number of para-hydroxylation sites is 1. The van der Waals surface area contributed by atoms with Crippen LogP contribution in [0, 0.1) is 5.92 Å². The van der Waals surface area contributed by atoms with Gasteiger partial charge in [-0.3, -0.25) is 4.79 Å². The number of rotatable bonds is 10. The van der Waals surface area contributed by atoms with E-state index in [2.05, 4.69) is 25.1 Å². The number of carbonyl (C=O) groups excluding carboxylic acids is 1. The zero-order valence-corrected chi connectivity index (χ0v) is 16.1. The molecule has 2 aromatic carbocycles. The van der Waals surface area contributed by atoms with E-state index < -0.39 is 0 Å². The molecule has 0 N–H and O–H groups in total. The zero-order valence-electron chi connectivity index (χ0n) is 16.1. The van der Waals surface area contributed by atoms with Crippen molar-refractivity contribution in [3.8, 4) is 5.75 Å². The predicted octanol–water partition coefficient (Wildman–Crippen LogP) is 5.39. The van der Waals surface area contributed by atoms with Gasteiger partial charge in [0, 0.05) is 5.92 Å². The molecule has 2 aromatic rings. The molecule has 26 heavy (non-hydrogen) atoms. The van der Waals surface area contributed by atoms with Crippen LogP contribution in [0.2, 0.25) is 0 Å². The molecule has 0 spiro atoms. The summed E-state index contributed by atoms with van der Waals surface area (Å²) in [5, 5.41) is 0. The summed E-state index contributed by atoms with van der Waals surface area (Å²) in [5.74, 6) is 0.581. The smallest absolute Gasteiger partial charge is 0.309 e. The van der Waals surface area contributed by atoms with E-state index in [1.165, 1.54) is 5.56 Å². The third kappa shape index (κ3) is 5.35. The maximum absolute atomic E-state index is 12.8. The van der Waals surface area contributed by atoms with E-state index in [1.807, 2.05) is 43.3 Å². The third-order valence-corrected chi connectivity index (χ3v) is 4.78. The number of carbonyl (C=O) groups is 1. The van der Waals surface area contributed by atoms with E-state index in [0.717, 1.165) is 37.0 Å². The summed E-state index contributed by atoms with van der Waals surface area (Å²) in [6, 6.07) is 18.3. The molecular weight excluding hydrogens is 324 g/mol. The zero-order chi connectivity index (χ0) is 18.8. The molecule has 0 saturated heterocycles. The van der Waals surface area contributed by atoms with Gasteiger partial charge in [0.2, 0.25) is 0 Å². The van der Waals surface area contributed by atoms with Gasteiger partial charge >= 0.3 is 5.97 Å². The van der Waals surface area contributed by atoms with Crippen molar-refractivity contribution in [3.05, 3.63) is 65.7 Å². The lowest BCUT2D eigenvalue weighted by Gasteiger charge is -2.27. The molecule has 0 heterocycles. The molecule has 0 aliphatic rings. The minimum absolute atomic E-state index is 0.0270. The van der Waals surface area contributed by atoms with Crippen molar-refractivity contribution in [2.75, 3.05) is 13.7 Å². The lowest BCUT2D eigenvalue weighted by molar-refractivity contribution is -0.149. The molecule has 0 aliphatic heterocycles. The summed E-state index contributed by atoms with van der Waals surface area (Å²) >= 11 is 0. The van der Waals surface area contributed by atoms with Crippen LogP contribution in [0.3, 0.4) is 0 Å². The van der Waals surface area contributed by atoms with Crippen LogP contribution >= 0.6 is 0 Å². The van der Waals surface area contributed by atoms with Gasteiger partial charge in [-0.15, -0.1) is 0 Å².